The second-order valence-corrected chi connectivity index (χ2v) is 6.01. The number of pyridine rings is 1. The number of hydrogen-bond acceptors (Lipinski definition) is 3. The zero-order chi connectivity index (χ0) is 13.9. The molecule has 0 fully saturated rings. The van der Waals surface area contributed by atoms with Gasteiger partial charge >= 0.3 is 0 Å². The summed E-state index contributed by atoms with van der Waals surface area (Å²) in [6, 6.07) is 10.2. The Morgan fingerprint density at radius 2 is 1.95 bits per heavy atom. The summed E-state index contributed by atoms with van der Waals surface area (Å²) in [5.41, 5.74) is 3.43. The van der Waals surface area contributed by atoms with Crippen LogP contribution >= 0.6 is 15.9 Å². The lowest BCUT2D eigenvalue weighted by Crippen LogP contribution is -2.15. The van der Waals surface area contributed by atoms with Crippen molar-refractivity contribution in [2.45, 2.75) is 18.2 Å². The van der Waals surface area contributed by atoms with Crippen LogP contribution in [-0.4, -0.2) is 18.2 Å². The summed E-state index contributed by atoms with van der Waals surface area (Å²) < 4.78 is 11.2. The summed E-state index contributed by atoms with van der Waals surface area (Å²) in [5, 5.41) is 0. The Bertz CT molecular complexity index is 598. The van der Waals surface area contributed by atoms with Crippen LogP contribution in [0.2, 0.25) is 0 Å². The molecule has 0 spiro atoms. The fraction of sp³-hybridized carbons (Fsp3) is 0.312. The van der Waals surface area contributed by atoms with Crippen molar-refractivity contribution in [1.82, 2.24) is 4.98 Å². The van der Waals surface area contributed by atoms with Crippen LogP contribution in [0.25, 0.3) is 0 Å². The van der Waals surface area contributed by atoms with E-state index in [2.05, 4.69) is 39.1 Å². The Labute approximate surface area is 127 Å². The summed E-state index contributed by atoms with van der Waals surface area (Å²) in [6.07, 6.45) is 2.75. The lowest BCUT2D eigenvalue weighted by Gasteiger charge is -2.20. The van der Waals surface area contributed by atoms with Crippen LogP contribution in [0.1, 0.15) is 21.6 Å². The van der Waals surface area contributed by atoms with Gasteiger partial charge in [-0.25, -0.2) is 0 Å². The number of alkyl halides is 1. The predicted octanol–water partition coefficient (Wildman–Crippen LogP) is 3.84. The lowest BCUT2D eigenvalue weighted by molar-refractivity contribution is 0.171. The van der Waals surface area contributed by atoms with E-state index >= 15 is 0 Å². The number of aromatic nitrogens is 1. The minimum atomic E-state index is 0.216. The molecule has 104 valence electrons. The van der Waals surface area contributed by atoms with Crippen molar-refractivity contribution in [3.63, 3.8) is 0 Å². The van der Waals surface area contributed by atoms with Crippen molar-refractivity contribution in [1.29, 1.82) is 0 Å². The first kappa shape index (κ1) is 13.4. The molecule has 0 N–H and O–H groups in total. The van der Waals surface area contributed by atoms with Gasteiger partial charge in [-0.3, -0.25) is 4.98 Å². The van der Waals surface area contributed by atoms with E-state index in [1.807, 2.05) is 25.3 Å². The van der Waals surface area contributed by atoms with Crippen LogP contribution in [0.3, 0.4) is 0 Å². The third-order valence-electron chi connectivity index (χ3n) is 3.29. The zero-order valence-electron chi connectivity index (χ0n) is 11.3. The fourth-order valence-corrected chi connectivity index (χ4v) is 2.79. The summed E-state index contributed by atoms with van der Waals surface area (Å²) in [4.78, 5) is 4.66. The third kappa shape index (κ3) is 2.96. The molecule has 4 heteroatoms. The second-order valence-electron chi connectivity index (χ2n) is 4.90. The molecule has 3 nitrogen and oxygen atoms in total. The minimum absolute atomic E-state index is 0.216. The van der Waals surface area contributed by atoms with Gasteiger partial charge in [0.05, 0.1) is 0 Å². The van der Waals surface area contributed by atoms with Gasteiger partial charge in [-0.2, -0.15) is 0 Å². The van der Waals surface area contributed by atoms with Gasteiger partial charge in [0.1, 0.15) is 13.2 Å². The van der Waals surface area contributed by atoms with Crippen molar-refractivity contribution < 1.29 is 9.47 Å². The normalized spacial score (nSPS) is 14.9. The SMILES string of the molecule is Cc1ccc(CC(Br)c2ccc3c(c2)OCCO3)nc1. The van der Waals surface area contributed by atoms with E-state index in [9.17, 15) is 0 Å². The molecule has 1 aromatic carbocycles. The van der Waals surface area contributed by atoms with Crippen LogP contribution < -0.4 is 9.47 Å². The molecule has 0 bridgehead atoms. The molecular formula is C16H16BrNO2. The summed E-state index contributed by atoms with van der Waals surface area (Å²) >= 11 is 3.73. The molecule has 3 rings (SSSR count). The second kappa shape index (κ2) is 5.83. The van der Waals surface area contributed by atoms with Crippen molar-refractivity contribution in [2.75, 3.05) is 13.2 Å². The van der Waals surface area contributed by atoms with E-state index in [0.717, 1.165) is 23.6 Å². The average Bonchev–Trinajstić information content (AvgIpc) is 2.49. The molecule has 1 aliphatic rings. The highest BCUT2D eigenvalue weighted by Crippen LogP contribution is 2.35. The van der Waals surface area contributed by atoms with Crippen LogP contribution in [0.4, 0.5) is 0 Å². The van der Waals surface area contributed by atoms with Crippen LogP contribution in [0, 0.1) is 6.92 Å². The quantitative estimate of drug-likeness (QED) is 0.799. The van der Waals surface area contributed by atoms with Gasteiger partial charge in [0.25, 0.3) is 0 Å². The zero-order valence-corrected chi connectivity index (χ0v) is 12.9. The average molecular weight is 334 g/mol. The van der Waals surface area contributed by atoms with E-state index in [0.29, 0.717) is 13.2 Å². The molecule has 1 aliphatic heterocycles. The minimum Gasteiger partial charge on any atom is -0.486 e. The summed E-state index contributed by atoms with van der Waals surface area (Å²) in [5.74, 6) is 1.66. The summed E-state index contributed by atoms with van der Waals surface area (Å²) in [7, 11) is 0. The highest BCUT2D eigenvalue weighted by atomic mass is 79.9. The van der Waals surface area contributed by atoms with E-state index in [-0.39, 0.29) is 4.83 Å². The van der Waals surface area contributed by atoms with E-state index in [4.69, 9.17) is 9.47 Å². The Kier molecular flexibility index (Phi) is 3.92. The van der Waals surface area contributed by atoms with E-state index in [1.54, 1.807) is 0 Å². The van der Waals surface area contributed by atoms with E-state index < -0.39 is 0 Å². The number of halogens is 1. The molecule has 2 aromatic rings. The number of rotatable bonds is 3. The maximum Gasteiger partial charge on any atom is 0.161 e. The van der Waals surface area contributed by atoms with Crippen molar-refractivity contribution >= 4 is 15.9 Å². The third-order valence-corrected chi connectivity index (χ3v) is 4.14. The van der Waals surface area contributed by atoms with Crippen molar-refractivity contribution in [2.24, 2.45) is 0 Å². The van der Waals surface area contributed by atoms with Gasteiger partial charge in [0.2, 0.25) is 0 Å². The number of benzene rings is 1. The molecule has 1 atom stereocenters. The lowest BCUT2D eigenvalue weighted by atomic mass is 10.1. The Hall–Kier alpha value is -1.55. The monoisotopic (exact) mass is 333 g/mol. The molecule has 0 radical (unpaired) electrons. The van der Waals surface area contributed by atoms with Crippen LogP contribution in [-0.2, 0) is 6.42 Å². The highest BCUT2D eigenvalue weighted by Gasteiger charge is 2.16. The van der Waals surface area contributed by atoms with Crippen LogP contribution in [0.15, 0.2) is 36.5 Å². The molecule has 20 heavy (non-hydrogen) atoms. The molecular weight excluding hydrogens is 318 g/mol. The Morgan fingerprint density at radius 3 is 2.70 bits per heavy atom. The topological polar surface area (TPSA) is 31.4 Å². The standard InChI is InChI=1S/C16H16BrNO2/c1-11-2-4-13(18-10-11)9-14(17)12-3-5-15-16(8-12)20-7-6-19-15/h2-5,8,10,14H,6-7,9H2,1H3. The summed E-state index contributed by atoms with van der Waals surface area (Å²) in [6.45, 7) is 3.28. The highest BCUT2D eigenvalue weighted by molar-refractivity contribution is 9.09. The smallest absolute Gasteiger partial charge is 0.161 e. The first-order valence-corrected chi connectivity index (χ1v) is 7.59. The largest absolute Gasteiger partial charge is 0.486 e. The molecule has 2 heterocycles. The number of nitrogens with zero attached hydrogens (tertiary/aromatic N) is 1. The fourth-order valence-electron chi connectivity index (χ4n) is 2.18. The van der Waals surface area contributed by atoms with Crippen LogP contribution in [0.5, 0.6) is 11.5 Å². The van der Waals surface area contributed by atoms with Gasteiger partial charge in [0.15, 0.2) is 11.5 Å². The molecule has 1 aromatic heterocycles. The van der Waals surface area contributed by atoms with Gasteiger partial charge in [-0.15, -0.1) is 0 Å². The molecule has 0 aliphatic carbocycles. The first-order chi connectivity index (χ1) is 9.72. The first-order valence-electron chi connectivity index (χ1n) is 6.67. The van der Waals surface area contributed by atoms with Crippen molar-refractivity contribution in [3.05, 3.63) is 53.3 Å². The Balaban J connectivity index is 1.76. The van der Waals surface area contributed by atoms with Gasteiger partial charge in [-0.05, 0) is 36.2 Å². The maximum atomic E-state index is 5.62. The van der Waals surface area contributed by atoms with Gasteiger partial charge in [-0.1, -0.05) is 28.1 Å². The maximum absolute atomic E-state index is 5.62. The number of aryl methyl sites for hydroxylation is 1. The number of ether oxygens (including phenoxy) is 2. The number of fused-ring (bicyclic) bond motifs is 1. The van der Waals surface area contributed by atoms with Crippen molar-refractivity contribution in [3.8, 4) is 11.5 Å². The molecule has 0 amide bonds. The molecule has 0 saturated carbocycles. The van der Waals surface area contributed by atoms with Gasteiger partial charge < -0.3 is 9.47 Å². The van der Waals surface area contributed by atoms with E-state index in [1.165, 1.54) is 11.1 Å². The predicted molar refractivity (Wildman–Crippen MR) is 81.8 cm³/mol. The molecule has 1 unspecified atom stereocenters. The number of hydrogen-bond donors (Lipinski definition) is 0. The molecule has 0 saturated heterocycles. The Morgan fingerprint density at radius 1 is 1.15 bits per heavy atom. The van der Waals surface area contributed by atoms with Gasteiger partial charge in [0, 0.05) is 23.1 Å².